The molecule has 0 atom stereocenters. The number of amides is 1. The van der Waals surface area contributed by atoms with Crippen LogP contribution in [0.25, 0.3) is 0 Å². The van der Waals surface area contributed by atoms with Crippen molar-refractivity contribution in [3.8, 4) is 0 Å². The van der Waals surface area contributed by atoms with E-state index in [1.165, 1.54) is 44.9 Å². The summed E-state index contributed by atoms with van der Waals surface area (Å²) in [7, 11) is 0. The highest BCUT2D eigenvalue weighted by Gasteiger charge is 2.49. The Morgan fingerprint density at radius 2 is 1.58 bits per heavy atom. The second-order valence-electron chi connectivity index (χ2n) is 7.58. The van der Waals surface area contributed by atoms with Crippen LogP contribution >= 0.6 is 0 Å². The molecule has 19 heavy (non-hydrogen) atoms. The summed E-state index contributed by atoms with van der Waals surface area (Å²) >= 11 is 0. The van der Waals surface area contributed by atoms with E-state index in [9.17, 15) is 4.79 Å². The molecule has 4 bridgehead atoms. The smallest absolute Gasteiger partial charge is 0.236 e. The van der Waals surface area contributed by atoms with Gasteiger partial charge in [0.1, 0.15) is 0 Å². The maximum Gasteiger partial charge on any atom is 0.236 e. The van der Waals surface area contributed by atoms with Gasteiger partial charge in [0, 0.05) is 12.6 Å². The molecule has 5 fully saturated rings. The topological polar surface area (TPSA) is 46.3 Å². The zero-order valence-electron chi connectivity index (χ0n) is 11.8. The van der Waals surface area contributed by atoms with Crippen molar-refractivity contribution in [2.24, 2.45) is 35.3 Å². The summed E-state index contributed by atoms with van der Waals surface area (Å²) in [6, 6.07) is 0.535. The average molecular weight is 262 g/mol. The number of rotatable bonds is 4. The predicted molar refractivity (Wildman–Crippen MR) is 74.3 cm³/mol. The van der Waals surface area contributed by atoms with Crippen LogP contribution in [0.4, 0.5) is 0 Å². The second-order valence-corrected chi connectivity index (χ2v) is 7.58. The first-order valence-electron chi connectivity index (χ1n) is 8.24. The highest BCUT2D eigenvalue weighted by Crippen LogP contribution is 2.56. The molecule has 3 heteroatoms. The van der Waals surface area contributed by atoms with E-state index in [4.69, 9.17) is 5.73 Å². The summed E-state index contributed by atoms with van der Waals surface area (Å²) in [6.07, 6.45) is 9.73. The minimum atomic E-state index is 0.191. The Morgan fingerprint density at radius 3 is 2.05 bits per heavy atom. The zero-order chi connectivity index (χ0) is 13.0. The van der Waals surface area contributed by atoms with Gasteiger partial charge in [0.15, 0.2) is 0 Å². The fourth-order valence-electron chi connectivity index (χ4n) is 5.52. The molecule has 106 valence electrons. The Morgan fingerprint density at radius 1 is 1.00 bits per heavy atom. The molecular formula is C16H26N2O. The molecule has 0 spiro atoms. The van der Waals surface area contributed by atoms with E-state index >= 15 is 0 Å². The first kappa shape index (κ1) is 12.2. The van der Waals surface area contributed by atoms with Crippen LogP contribution in [-0.2, 0) is 4.79 Å². The Balaban J connectivity index is 1.48. The van der Waals surface area contributed by atoms with Crippen LogP contribution in [-0.4, -0.2) is 29.9 Å². The molecule has 0 radical (unpaired) electrons. The van der Waals surface area contributed by atoms with Gasteiger partial charge in [-0.25, -0.2) is 0 Å². The maximum atomic E-state index is 12.1. The lowest BCUT2D eigenvalue weighted by Gasteiger charge is -2.55. The van der Waals surface area contributed by atoms with Crippen LogP contribution in [0.2, 0.25) is 0 Å². The van der Waals surface area contributed by atoms with Crippen molar-refractivity contribution in [3.63, 3.8) is 0 Å². The fourth-order valence-corrected chi connectivity index (χ4v) is 5.52. The standard InChI is InChI=1S/C16H26N2O/c17-8-16(19)18(14-1-2-14)9-15-12-4-10-3-11(6-12)7-13(15)5-10/h10-15H,1-9,17H2. The van der Waals surface area contributed by atoms with Gasteiger partial charge < -0.3 is 10.6 Å². The molecule has 5 rings (SSSR count). The normalized spacial score (nSPS) is 43.5. The minimum Gasteiger partial charge on any atom is -0.338 e. The van der Waals surface area contributed by atoms with E-state index in [0.29, 0.717) is 6.04 Å². The highest BCUT2D eigenvalue weighted by atomic mass is 16.2. The fraction of sp³-hybridized carbons (Fsp3) is 0.938. The summed E-state index contributed by atoms with van der Waals surface area (Å²) in [4.78, 5) is 14.2. The second kappa shape index (κ2) is 4.47. The molecule has 1 amide bonds. The Labute approximate surface area is 115 Å². The molecule has 0 aromatic heterocycles. The van der Waals surface area contributed by atoms with E-state index in [1.54, 1.807) is 0 Å². The van der Waals surface area contributed by atoms with Gasteiger partial charge in [0.25, 0.3) is 0 Å². The van der Waals surface area contributed by atoms with Crippen LogP contribution < -0.4 is 5.73 Å². The van der Waals surface area contributed by atoms with E-state index in [-0.39, 0.29) is 12.5 Å². The average Bonchev–Trinajstić information content (AvgIpc) is 3.21. The van der Waals surface area contributed by atoms with Crippen LogP contribution in [0, 0.1) is 29.6 Å². The summed E-state index contributed by atoms with van der Waals surface area (Å²) in [5.41, 5.74) is 5.60. The van der Waals surface area contributed by atoms with Crippen molar-refractivity contribution in [1.29, 1.82) is 0 Å². The zero-order valence-corrected chi connectivity index (χ0v) is 11.8. The van der Waals surface area contributed by atoms with Gasteiger partial charge >= 0.3 is 0 Å². The molecule has 3 nitrogen and oxygen atoms in total. The Hall–Kier alpha value is -0.570. The van der Waals surface area contributed by atoms with E-state index in [1.807, 2.05) is 0 Å². The number of hydrogen-bond acceptors (Lipinski definition) is 2. The summed E-state index contributed by atoms with van der Waals surface area (Å²) in [5, 5.41) is 0. The maximum absolute atomic E-state index is 12.1. The SMILES string of the molecule is NCC(=O)N(CC1C2CC3CC(C2)CC1C3)C1CC1. The number of carbonyl (C=O) groups excluding carboxylic acids is 1. The minimum absolute atomic E-state index is 0.191. The van der Waals surface area contributed by atoms with Crippen molar-refractivity contribution in [2.75, 3.05) is 13.1 Å². The van der Waals surface area contributed by atoms with Crippen molar-refractivity contribution >= 4 is 5.91 Å². The third-order valence-electron chi connectivity index (χ3n) is 6.31. The van der Waals surface area contributed by atoms with Crippen molar-refractivity contribution < 1.29 is 4.79 Å². The summed E-state index contributed by atoms with van der Waals surface area (Å²) < 4.78 is 0. The van der Waals surface area contributed by atoms with Crippen LogP contribution in [0.1, 0.15) is 44.9 Å². The van der Waals surface area contributed by atoms with E-state index in [2.05, 4.69) is 4.90 Å². The Bertz CT molecular complexity index is 349. The van der Waals surface area contributed by atoms with Gasteiger partial charge in [0.2, 0.25) is 5.91 Å². The largest absolute Gasteiger partial charge is 0.338 e. The highest BCUT2D eigenvalue weighted by molar-refractivity contribution is 5.78. The number of hydrogen-bond donors (Lipinski definition) is 1. The van der Waals surface area contributed by atoms with Gasteiger partial charge in [-0.15, -0.1) is 0 Å². The molecule has 5 aliphatic carbocycles. The third-order valence-corrected chi connectivity index (χ3v) is 6.31. The quantitative estimate of drug-likeness (QED) is 0.842. The molecule has 0 aliphatic heterocycles. The van der Waals surface area contributed by atoms with Gasteiger partial charge in [-0.05, 0) is 74.5 Å². The molecule has 5 aliphatic rings. The lowest BCUT2D eigenvalue weighted by Crippen LogP contribution is -2.51. The monoisotopic (exact) mass is 262 g/mol. The third kappa shape index (κ3) is 2.10. The first-order valence-corrected chi connectivity index (χ1v) is 8.24. The van der Waals surface area contributed by atoms with Gasteiger partial charge in [-0.1, -0.05) is 0 Å². The molecule has 0 heterocycles. The Kier molecular flexibility index (Phi) is 2.87. The first-order chi connectivity index (χ1) is 9.24. The molecule has 0 unspecified atom stereocenters. The molecule has 0 aromatic rings. The lowest BCUT2D eigenvalue weighted by molar-refractivity contribution is -0.133. The van der Waals surface area contributed by atoms with Crippen molar-refractivity contribution in [3.05, 3.63) is 0 Å². The molecular weight excluding hydrogens is 236 g/mol. The van der Waals surface area contributed by atoms with E-state index < -0.39 is 0 Å². The molecule has 0 aromatic carbocycles. The van der Waals surface area contributed by atoms with Crippen molar-refractivity contribution in [2.45, 2.75) is 51.0 Å². The van der Waals surface area contributed by atoms with Gasteiger partial charge in [0.05, 0.1) is 6.54 Å². The summed E-state index contributed by atoms with van der Waals surface area (Å²) in [6.45, 7) is 1.22. The number of nitrogens with two attached hydrogens (primary N) is 1. The number of carbonyl (C=O) groups is 1. The van der Waals surface area contributed by atoms with Crippen LogP contribution in [0.15, 0.2) is 0 Å². The van der Waals surface area contributed by atoms with Crippen molar-refractivity contribution in [1.82, 2.24) is 4.90 Å². The van der Waals surface area contributed by atoms with Crippen LogP contribution in [0.3, 0.4) is 0 Å². The molecule has 0 saturated heterocycles. The number of nitrogens with zero attached hydrogens (tertiary/aromatic N) is 1. The summed E-state index contributed by atoms with van der Waals surface area (Å²) in [5.74, 6) is 4.88. The predicted octanol–water partition coefficient (Wildman–Crippen LogP) is 2.01. The lowest BCUT2D eigenvalue weighted by atomic mass is 9.52. The van der Waals surface area contributed by atoms with E-state index in [0.717, 1.165) is 36.1 Å². The molecule has 2 N–H and O–H groups in total. The van der Waals surface area contributed by atoms with Gasteiger partial charge in [-0.2, -0.15) is 0 Å². The molecule has 5 saturated carbocycles. The van der Waals surface area contributed by atoms with Gasteiger partial charge in [-0.3, -0.25) is 4.79 Å². The van der Waals surface area contributed by atoms with Crippen LogP contribution in [0.5, 0.6) is 0 Å².